The van der Waals surface area contributed by atoms with Crippen molar-refractivity contribution < 1.29 is 34.0 Å². The van der Waals surface area contributed by atoms with Crippen molar-refractivity contribution in [3.8, 4) is 0 Å². The van der Waals surface area contributed by atoms with E-state index in [4.69, 9.17) is 14.6 Å². The SMILES string of the molecule is O=CO.[C-]#[O+].[Rh].c1ccc(P(c2ccccc2)c2ccccc2)cc1.c1ccc(P(c2ccccc2)c2ccccc2)cc1. The molecule has 6 aromatic carbocycles. The van der Waals surface area contributed by atoms with Gasteiger partial charge in [-0.15, -0.1) is 0 Å². The van der Waals surface area contributed by atoms with E-state index >= 15 is 0 Å². The summed E-state index contributed by atoms with van der Waals surface area (Å²) in [6.07, 6.45) is 0. The maximum absolute atomic E-state index is 8.36. The number of hydrogen-bond acceptors (Lipinski definition) is 1. The summed E-state index contributed by atoms with van der Waals surface area (Å²) < 4.78 is 7.50. The summed E-state index contributed by atoms with van der Waals surface area (Å²) in [5.74, 6) is 0. The summed E-state index contributed by atoms with van der Waals surface area (Å²) in [6, 6.07) is 64.7. The normalized spacial score (nSPS) is 9.45. The van der Waals surface area contributed by atoms with E-state index in [-0.39, 0.29) is 26.0 Å². The van der Waals surface area contributed by atoms with E-state index in [0.29, 0.717) is 0 Å². The van der Waals surface area contributed by atoms with Crippen LogP contribution >= 0.6 is 15.8 Å². The molecular formula is C38H32O3P2Rh. The van der Waals surface area contributed by atoms with E-state index in [0.717, 1.165) is 0 Å². The van der Waals surface area contributed by atoms with Crippen LogP contribution in [0.2, 0.25) is 0 Å². The van der Waals surface area contributed by atoms with Crippen LogP contribution in [0.1, 0.15) is 0 Å². The van der Waals surface area contributed by atoms with Crippen molar-refractivity contribution in [2.45, 2.75) is 0 Å². The zero-order chi connectivity index (χ0) is 30.5. The van der Waals surface area contributed by atoms with Gasteiger partial charge in [0.25, 0.3) is 6.47 Å². The van der Waals surface area contributed by atoms with Gasteiger partial charge in [0.2, 0.25) is 0 Å². The molecule has 0 bridgehead atoms. The molecule has 0 spiro atoms. The molecule has 6 heteroatoms. The Kier molecular flexibility index (Phi) is 17.8. The van der Waals surface area contributed by atoms with Crippen molar-refractivity contribution >= 4 is 54.1 Å². The second-order valence-corrected chi connectivity index (χ2v) is 13.2. The minimum absolute atomic E-state index is 0. The van der Waals surface area contributed by atoms with E-state index < -0.39 is 15.8 Å². The molecule has 0 aromatic heterocycles. The van der Waals surface area contributed by atoms with E-state index in [1.807, 2.05) is 0 Å². The molecular weight excluding hydrogens is 669 g/mol. The van der Waals surface area contributed by atoms with Crippen LogP contribution in [0, 0.1) is 6.65 Å². The molecule has 1 radical (unpaired) electrons. The fraction of sp³-hybridized carbons (Fsp3) is 0. The first kappa shape index (κ1) is 36.2. The van der Waals surface area contributed by atoms with Gasteiger partial charge in [-0.2, -0.15) is 0 Å². The van der Waals surface area contributed by atoms with Gasteiger partial charge in [0.1, 0.15) is 0 Å². The molecule has 0 saturated carbocycles. The summed E-state index contributed by atoms with van der Waals surface area (Å²) in [6.45, 7) is 4.25. The third-order valence-corrected chi connectivity index (χ3v) is 11.0. The van der Waals surface area contributed by atoms with Gasteiger partial charge in [0, 0.05) is 19.5 Å². The molecule has 1 N–H and O–H groups in total. The maximum Gasteiger partial charge on any atom is 0 e. The molecule has 0 fully saturated rings. The molecule has 6 aromatic rings. The van der Waals surface area contributed by atoms with Crippen molar-refractivity contribution in [3.63, 3.8) is 0 Å². The van der Waals surface area contributed by atoms with Crippen LogP contribution in [0.3, 0.4) is 0 Å². The summed E-state index contributed by atoms with van der Waals surface area (Å²) in [5.41, 5.74) is 0. The van der Waals surface area contributed by atoms with Crippen LogP contribution in [-0.2, 0) is 28.9 Å². The van der Waals surface area contributed by atoms with Crippen LogP contribution in [0.4, 0.5) is 0 Å². The van der Waals surface area contributed by atoms with Crippen LogP contribution in [0.5, 0.6) is 0 Å². The third-order valence-electron chi connectivity index (χ3n) is 6.09. The van der Waals surface area contributed by atoms with Gasteiger partial charge in [-0.1, -0.05) is 182 Å². The van der Waals surface area contributed by atoms with Crippen molar-refractivity contribution in [2.24, 2.45) is 0 Å². The zero-order valence-electron chi connectivity index (χ0n) is 23.9. The molecule has 6 rings (SSSR count). The van der Waals surface area contributed by atoms with Crippen LogP contribution in [0.25, 0.3) is 0 Å². The summed E-state index contributed by atoms with van der Waals surface area (Å²) in [5, 5.41) is 15.3. The number of rotatable bonds is 6. The zero-order valence-corrected chi connectivity index (χ0v) is 27.3. The Morgan fingerprint density at radius 1 is 0.386 bits per heavy atom. The smallest absolute Gasteiger partial charge is 0 e. The average molecular weight is 702 g/mol. The van der Waals surface area contributed by atoms with Crippen molar-refractivity contribution in [1.82, 2.24) is 0 Å². The molecule has 0 amide bonds. The molecule has 3 nitrogen and oxygen atoms in total. The number of carboxylic acid groups (broad SMARTS) is 1. The summed E-state index contributed by atoms with van der Waals surface area (Å²) in [7, 11) is -0.892. The van der Waals surface area contributed by atoms with E-state index in [1.54, 1.807) is 0 Å². The van der Waals surface area contributed by atoms with E-state index in [9.17, 15) is 0 Å². The first-order valence-electron chi connectivity index (χ1n) is 13.5. The Morgan fingerprint density at radius 3 is 0.614 bits per heavy atom. The first-order chi connectivity index (χ1) is 21.3. The fourth-order valence-electron chi connectivity index (χ4n) is 4.36. The van der Waals surface area contributed by atoms with Crippen LogP contribution < -0.4 is 31.8 Å². The Labute approximate surface area is 275 Å². The molecule has 0 heterocycles. The standard InChI is InChI=1S/2C18H15P.CH2O2.CO.Rh/c2*1-4-10-16(11-5-1)19(17-12-6-2-7-13-17)18-14-8-3-9-15-18;2-1-3;1-2;/h2*1-15H;1H,(H,2,3);;. The Balaban J connectivity index is 0.000000263. The fourth-order valence-corrected chi connectivity index (χ4v) is 8.97. The van der Waals surface area contributed by atoms with Gasteiger partial charge in [-0.05, 0) is 47.7 Å². The second-order valence-electron chi connectivity index (χ2n) is 8.79. The second kappa shape index (κ2) is 21.7. The predicted molar refractivity (Wildman–Crippen MR) is 183 cm³/mol. The van der Waals surface area contributed by atoms with Crippen molar-refractivity contribution in [3.05, 3.63) is 189 Å². The number of benzene rings is 6. The molecule has 44 heavy (non-hydrogen) atoms. The van der Waals surface area contributed by atoms with E-state index in [2.05, 4.69) is 189 Å². The average Bonchev–Trinajstić information content (AvgIpc) is 3.10. The summed E-state index contributed by atoms with van der Waals surface area (Å²) in [4.78, 5) is 8.36. The minimum Gasteiger partial charge on any atom is -0.0622 e. The molecule has 221 valence electrons. The number of carbonyl (C=O) groups is 1. The van der Waals surface area contributed by atoms with Gasteiger partial charge in [0.15, 0.2) is 0 Å². The van der Waals surface area contributed by atoms with Gasteiger partial charge < -0.3 is 5.11 Å². The molecule has 0 unspecified atom stereocenters. The molecule has 0 aliphatic carbocycles. The third kappa shape index (κ3) is 11.3. The van der Waals surface area contributed by atoms with Crippen molar-refractivity contribution in [1.29, 1.82) is 0 Å². The topological polar surface area (TPSA) is 57.2 Å². The summed E-state index contributed by atoms with van der Waals surface area (Å²) >= 11 is 0. The maximum atomic E-state index is 8.36. The van der Waals surface area contributed by atoms with Gasteiger partial charge in [0.05, 0.1) is 0 Å². The number of hydrogen-bond donors (Lipinski definition) is 1. The minimum atomic E-state index is -0.446. The molecule has 0 aliphatic rings. The molecule has 0 atom stereocenters. The van der Waals surface area contributed by atoms with Crippen molar-refractivity contribution in [2.75, 3.05) is 0 Å². The Hall–Kier alpha value is -3.99. The first-order valence-corrected chi connectivity index (χ1v) is 16.2. The molecule has 0 saturated heterocycles. The van der Waals surface area contributed by atoms with Crippen LogP contribution in [0.15, 0.2) is 182 Å². The van der Waals surface area contributed by atoms with Crippen LogP contribution in [-0.4, -0.2) is 11.6 Å². The molecule has 0 aliphatic heterocycles. The monoisotopic (exact) mass is 701 g/mol. The Morgan fingerprint density at radius 2 is 0.500 bits per heavy atom. The Bertz CT molecular complexity index is 1280. The predicted octanol–water partition coefficient (Wildman–Crippen LogP) is 6.55. The van der Waals surface area contributed by atoms with E-state index in [1.165, 1.54) is 31.8 Å². The van der Waals surface area contributed by atoms with Gasteiger partial charge >= 0.3 is 11.3 Å². The van der Waals surface area contributed by atoms with Gasteiger partial charge in [-0.3, -0.25) is 4.79 Å². The van der Waals surface area contributed by atoms with Gasteiger partial charge in [-0.25, -0.2) is 0 Å². The quantitative estimate of drug-likeness (QED) is 0.0705. The largest absolute Gasteiger partial charge is 0.0622 e.